The lowest BCUT2D eigenvalue weighted by Gasteiger charge is -2.23. The summed E-state index contributed by atoms with van der Waals surface area (Å²) >= 11 is 0. The Morgan fingerprint density at radius 3 is 2.83 bits per heavy atom. The highest BCUT2D eigenvalue weighted by atomic mass is 16.2. The van der Waals surface area contributed by atoms with E-state index >= 15 is 0 Å². The summed E-state index contributed by atoms with van der Waals surface area (Å²) in [4.78, 5) is 20.8. The molecule has 0 radical (unpaired) electrons. The molecule has 122 valence electrons. The summed E-state index contributed by atoms with van der Waals surface area (Å²) < 4.78 is 0. The van der Waals surface area contributed by atoms with E-state index in [9.17, 15) is 10.1 Å². The Labute approximate surface area is 142 Å². The predicted octanol–water partition coefficient (Wildman–Crippen LogP) is 2.75. The van der Waals surface area contributed by atoms with Crippen molar-refractivity contribution in [3.63, 3.8) is 0 Å². The average Bonchev–Trinajstić information content (AvgIpc) is 3.11. The van der Waals surface area contributed by atoms with Crippen molar-refractivity contribution in [3.05, 3.63) is 53.9 Å². The molecule has 5 nitrogen and oxygen atoms in total. The summed E-state index contributed by atoms with van der Waals surface area (Å²) in [5.41, 5.74) is 3.21. The number of benzene rings is 1. The summed E-state index contributed by atoms with van der Waals surface area (Å²) in [6, 6.07) is 13.8. The van der Waals surface area contributed by atoms with Crippen molar-refractivity contribution in [1.29, 1.82) is 5.26 Å². The molecule has 1 aromatic heterocycles. The molecule has 0 saturated carbocycles. The maximum absolute atomic E-state index is 12.8. The molecule has 1 fully saturated rings. The van der Waals surface area contributed by atoms with Crippen molar-refractivity contribution in [3.8, 4) is 6.07 Å². The number of hydrogen-bond acceptors (Lipinski definition) is 4. The molecular formula is C19H20N4O. The molecule has 0 aliphatic carbocycles. The van der Waals surface area contributed by atoms with Gasteiger partial charge in [0.05, 0.1) is 17.2 Å². The second kappa shape index (κ2) is 6.71. The number of hydrogen-bond donors (Lipinski definition) is 0. The summed E-state index contributed by atoms with van der Waals surface area (Å²) in [6.07, 6.45) is 2.40. The summed E-state index contributed by atoms with van der Waals surface area (Å²) in [5.74, 6) is 0.0585. The number of aryl methyl sites for hydroxylation is 1. The van der Waals surface area contributed by atoms with Crippen LogP contribution in [0.2, 0.25) is 0 Å². The first-order valence-corrected chi connectivity index (χ1v) is 8.04. The van der Waals surface area contributed by atoms with Gasteiger partial charge in [0.15, 0.2) is 0 Å². The zero-order chi connectivity index (χ0) is 17.1. The maximum Gasteiger partial charge on any atom is 0.231 e. The summed E-state index contributed by atoms with van der Waals surface area (Å²) in [5, 5.41) is 9.29. The number of carbonyl (C=O) groups is 1. The third-order valence-corrected chi connectivity index (χ3v) is 4.49. The third-order valence-electron chi connectivity index (χ3n) is 4.49. The number of pyridine rings is 1. The van der Waals surface area contributed by atoms with Gasteiger partial charge < -0.3 is 9.80 Å². The Kier molecular flexibility index (Phi) is 4.48. The van der Waals surface area contributed by atoms with Crippen LogP contribution in [0.3, 0.4) is 0 Å². The monoisotopic (exact) mass is 320 g/mol. The molecule has 2 heterocycles. The van der Waals surface area contributed by atoms with E-state index in [2.05, 4.69) is 16.0 Å². The third kappa shape index (κ3) is 3.09. The molecule has 2 aromatic rings. The number of amides is 1. The number of anilines is 2. The highest BCUT2D eigenvalue weighted by Crippen LogP contribution is 2.28. The maximum atomic E-state index is 12.8. The van der Waals surface area contributed by atoms with Crippen molar-refractivity contribution in [2.75, 3.05) is 29.9 Å². The number of nitrogens with zero attached hydrogens (tertiary/aromatic N) is 4. The van der Waals surface area contributed by atoms with Crippen LogP contribution in [0.5, 0.6) is 0 Å². The lowest BCUT2D eigenvalue weighted by Crippen LogP contribution is -2.34. The van der Waals surface area contributed by atoms with Gasteiger partial charge in [0, 0.05) is 37.7 Å². The Morgan fingerprint density at radius 2 is 2.12 bits per heavy atom. The van der Waals surface area contributed by atoms with E-state index in [1.165, 1.54) is 0 Å². The van der Waals surface area contributed by atoms with Crippen LogP contribution in [0.15, 0.2) is 42.6 Å². The predicted molar refractivity (Wildman–Crippen MR) is 93.9 cm³/mol. The molecule has 24 heavy (non-hydrogen) atoms. The van der Waals surface area contributed by atoms with Crippen LogP contribution in [-0.4, -0.2) is 31.0 Å². The molecule has 1 amide bonds. The zero-order valence-corrected chi connectivity index (χ0v) is 13.9. The van der Waals surface area contributed by atoms with Crippen molar-refractivity contribution in [2.24, 2.45) is 5.92 Å². The molecule has 1 aliphatic heterocycles. The van der Waals surface area contributed by atoms with Gasteiger partial charge in [-0.2, -0.15) is 5.26 Å². The molecule has 1 aliphatic rings. The fraction of sp³-hybridized carbons (Fsp3) is 0.316. The van der Waals surface area contributed by atoms with E-state index in [4.69, 9.17) is 0 Å². The van der Waals surface area contributed by atoms with Gasteiger partial charge >= 0.3 is 0 Å². The second-order valence-corrected chi connectivity index (χ2v) is 6.12. The van der Waals surface area contributed by atoms with E-state index in [0.717, 1.165) is 30.0 Å². The number of carbonyl (C=O) groups excluding carboxylic acids is 1. The second-order valence-electron chi connectivity index (χ2n) is 6.12. The molecular weight excluding hydrogens is 300 g/mol. The first-order valence-electron chi connectivity index (χ1n) is 8.04. The summed E-state index contributed by atoms with van der Waals surface area (Å²) in [7, 11) is 1.82. The van der Waals surface area contributed by atoms with E-state index in [1.54, 1.807) is 11.1 Å². The van der Waals surface area contributed by atoms with Gasteiger partial charge in [0.1, 0.15) is 6.07 Å². The lowest BCUT2D eigenvalue weighted by atomic mass is 10.1. The number of para-hydroxylation sites is 1. The Morgan fingerprint density at radius 1 is 1.38 bits per heavy atom. The smallest absolute Gasteiger partial charge is 0.231 e. The Hall–Kier alpha value is -2.87. The van der Waals surface area contributed by atoms with Gasteiger partial charge in [0.25, 0.3) is 0 Å². The molecule has 0 spiro atoms. The Balaban J connectivity index is 1.75. The average molecular weight is 320 g/mol. The fourth-order valence-electron chi connectivity index (χ4n) is 3.13. The van der Waals surface area contributed by atoms with Crippen molar-refractivity contribution in [2.45, 2.75) is 13.3 Å². The standard InChI is InChI=1S/C19H20N4O/c1-14-10-18(16(11-20)12-21-14)23-9-8-15(13-23)19(24)22(2)17-6-4-3-5-7-17/h3-7,10,12,15H,8-9,13H2,1-2H3. The normalized spacial score (nSPS) is 16.7. The topological polar surface area (TPSA) is 60.2 Å². The van der Waals surface area contributed by atoms with Gasteiger partial charge in [-0.1, -0.05) is 18.2 Å². The molecule has 3 rings (SSSR count). The van der Waals surface area contributed by atoms with Crippen LogP contribution in [0.25, 0.3) is 0 Å². The van der Waals surface area contributed by atoms with Crippen LogP contribution in [0, 0.1) is 24.2 Å². The largest absolute Gasteiger partial charge is 0.370 e. The van der Waals surface area contributed by atoms with Gasteiger partial charge in [-0.25, -0.2) is 0 Å². The van der Waals surface area contributed by atoms with Crippen molar-refractivity contribution < 1.29 is 4.79 Å². The van der Waals surface area contributed by atoms with Gasteiger partial charge in [-0.15, -0.1) is 0 Å². The minimum Gasteiger partial charge on any atom is -0.370 e. The van der Waals surface area contributed by atoms with Gasteiger partial charge in [-0.3, -0.25) is 9.78 Å². The molecule has 0 N–H and O–H groups in total. The molecule has 1 aromatic carbocycles. The molecule has 1 atom stereocenters. The molecule has 0 bridgehead atoms. The van der Waals surface area contributed by atoms with Crippen LogP contribution in [0.1, 0.15) is 17.7 Å². The van der Waals surface area contributed by atoms with Gasteiger partial charge in [-0.05, 0) is 31.5 Å². The fourth-order valence-corrected chi connectivity index (χ4v) is 3.13. The first kappa shape index (κ1) is 16.0. The highest BCUT2D eigenvalue weighted by Gasteiger charge is 2.31. The van der Waals surface area contributed by atoms with Crippen LogP contribution in [0.4, 0.5) is 11.4 Å². The van der Waals surface area contributed by atoms with Gasteiger partial charge in [0.2, 0.25) is 5.91 Å². The van der Waals surface area contributed by atoms with Crippen LogP contribution < -0.4 is 9.80 Å². The SMILES string of the molecule is Cc1cc(N2CCC(C(=O)N(C)c3ccccc3)C2)c(C#N)cn1. The van der Waals surface area contributed by atoms with Crippen LogP contribution >= 0.6 is 0 Å². The number of aromatic nitrogens is 1. The summed E-state index contributed by atoms with van der Waals surface area (Å²) in [6.45, 7) is 3.32. The van der Waals surface area contributed by atoms with E-state index in [1.807, 2.05) is 50.4 Å². The quantitative estimate of drug-likeness (QED) is 0.872. The number of rotatable bonds is 3. The Bertz CT molecular complexity index is 782. The molecule has 1 saturated heterocycles. The van der Waals surface area contributed by atoms with Crippen LogP contribution in [-0.2, 0) is 4.79 Å². The van der Waals surface area contributed by atoms with E-state index in [0.29, 0.717) is 12.1 Å². The highest BCUT2D eigenvalue weighted by molar-refractivity contribution is 5.95. The minimum absolute atomic E-state index is 0.0600. The number of nitriles is 1. The van der Waals surface area contributed by atoms with Crippen molar-refractivity contribution in [1.82, 2.24) is 4.98 Å². The lowest BCUT2D eigenvalue weighted by molar-refractivity contribution is -0.121. The van der Waals surface area contributed by atoms with E-state index < -0.39 is 0 Å². The van der Waals surface area contributed by atoms with E-state index in [-0.39, 0.29) is 11.8 Å². The zero-order valence-electron chi connectivity index (χ0n) is 13.9. The first-order chi connectivity index (χ1) is 11.6. The minimum atomic E-state index is -0.0600. The molecule has 5 heteroatoms. The van der Waals surface area contributed by atoms with Crippen molar-refractivity contribution >= 4 is 17.3 Å². The molecule has 1 unspecified atom stereocenters.